The maximum absolute atomic E-state index is 8.99. The van der Waals surface area contributed by atoms with Gasteiger partial charge < -0.3 is 10.0 Å². The van der Waals surface area contributed by atoms with Crippen LogP contribution in [0, 0.1) is 12.3 Å². The second-order valence-corrected chi connectivity index (χ2v) is 4.02. The first kappa shape index (κ1) is 12.1. The Bertz CT molecular complexity index is 370. The van der Waals surface area contributed by atoms with E-state index in [0.717, 1.165) is 22.3 Å². The van der Waals surface area contributed by atoms with Gasteiger partial charge in [0.2, 0.25) is 0 Å². The first-order chi connectivity index (χ1) is 7.22. The van der Waals surface area contributed by atoms with Crippen LogP contribution >= 0.6 is 15.9 Å². The molecule has 0 aliphatic heterocycles. The number of aliphatic hydroxyl groups is 1. The first-order valence-corrected chi connectivity index (χ1v) is 5.60. The van der Waals surface area contributed by atoms with Gasteiger partial charge in [-0.15, -0.1) is 6.42 Å². The van der Waals surface area contributed by atoms with Crippen LogP contribution in [0.5, 0.6) is 0 Å². The molecule has 80 valence electrons. The summed E-state index contributed by atoms with van der Waals surface area (Å²) < 4.78 is 0.964. The molecular weight excluding hydrogens is 254 g/mol. The van der Waals surface area contributed by atoms with Gasteiger partial charge in [0.25, 0.3) is 0 Å². The summed E-state index contributed by atoms with van der Waals surface area (Å²) in [6.07, 6.45) is 5.30. The summed E-state index contributed by atoms with van der Waals surface area (Å²) in [6.45, 7) is 3.57. The average molecular weight is 268 g/mol. The molecule has 0 unspecified atom stereocenters. The molecule has 15 heavy (non-hydrogen) atoms. The van der Waals surface area contributed by atoms with E-state index in [-0.39, 0.29) is 6.61 Å². The SMILES string of the molecule is C#CCN(CC)c1ccc(CO)cc1Br. The standard InChI is InChI=1S/C12H14BrNO/c1-3-7-14(4-2)12-6-5-10(9-15)8-11(12)13/h1,5-6,8,15H,4,7,9H2,2H3. The van der Waals surface area contributed by atoms with E-state index in [0.29, 0.717) is 6.54 Å². The Morgan fingerprint density at radius 3 is 2.73 bits per heavy atom. The van der Waals surface area contributed by atoms with E-state index >= 15 is 0 Å². The molecule has 0 saturated heterocycles. The lowest BCUT2D eigenvalue weighted by atomic mass is 10.2. The molecule has 0 heterocycles. The van der Waals surface area contributed by atoms with E-state index in [2.05, 4.69) is 33.7 Å². The van der Waals surface area contributed by atoms with Gasteiger partial charge >= 0.3 is 0 Å². The Kier molecular flexibility index (Phi) is 4.67. The van der Waals surface area contributed by atoms with E-state index in [1.807, 2.05) is 18.2 Å². The second-order valence-electron chi connectivity index (χ2n) is 3.16. The molecule has 0 saturated carbocycles. The zero-order valence-corrected chi connectivity index (χ0v) is 10.3. The topological polar surface area (TPSA) is 23.5 Å². The van der Waals surface area contributed by atoms with Gasteiger partial charge in [0.05, 0.1) is 18.8 Å². The molecule has 0 spiro atoms. The minimum atomic E-state index is 0.0557. The van der Waals surface area contributed by atoms with Crippen molar-refractivity contribution in [3.8, 4) is 12.3 Å². The molecule has 0 aliphatic rings. The third-order valence-corrected chi connectivity index (χ3v) is 2.83. The Morgan fingerprint density at radius 2 is 2.27 bits per heavy atom. The smallest absolute Gasteiger partial charge is 0.0791 e. The van der Waals surface area contributed by atoms with Crippen LogP contribution in [0.25, 0.3) is 0 Å². The molecule has 2 nitrogen and oxygen atoms in total. The largest absolute Gasteiger partial charge is 0.392 e. The van der Waals surface area contributed by atoms with Crippen LogP contribution in [0.1, 0.15) is 12.5 Å². The highest BCUT2D eigenvalue weighted by molar-refractivity contribution is 9.10. The lowest BCUT2D eigenvalue weighted by Gasteiger charge is -2.22. The molecule has 1 N–H and O–H groups in total. The molecule has 1 aromatic carbocycles. The van der Waals surface area contributed by atoms with Crippen molar-refractivity contribution in [3.05, 3.63) is 28.2 Å². The lowest BCUT2D eigenvalue weighted by molar-refractivity contribution is 0.282. The van der Waals surface area contributed by atoms with Gasteiger partial charge in [-0.05, 0) is 40.5 Å². The summed E-state index contributed by atoms with van der Waals surface area (Å²) >= 11 is 3.48. The van der Waals surface area contributed by atoms with Crippen molar-refractivity contribution >= 4 is 21.6 Å². The normalized spacial score (nSPS) is 9.73. The predicted octanol–water partition coefficient (Wildman–Crippen LogP) is 2.40. The fourth-order valence-electron chi connectivity index (χ4n) is 1.38. The van der Waals surface area contributed by atoms with Crippen molar-refractivity contribution in [2.45, 2.75) is 13.5 Å². The maximum Gasteiger partial charge on any atom is 0.0791 e. The summed E-state index contributed by atoms with van der Waals surface area (Å²) in [6, 6.07) is 5.78. The number of anilines is 1. The fraction of sp³-hybridized carbons (Fsp3) is 0.333. The lowest BCUT2D eigenvalue weighted by Crippen LogP contribution is -2.23. The average Bonchev–Trinajstić information content (AvgIpc) is 2.26. The number of halogens is 1. The van der Waals surface area contributed by atoms with Crippen molar-refractivity contribution in [3.63, 3.8) is 0 Å². The quantitative estimate of drug-likeness (QED) is 0.848. The van der Waals surface area contributed by atoms with E-state index in [4.69, 9.17) is 11.5 Å². The van der Waals surface area contributed by atoms with Gasteiger partial charge in [-0.2, -0.15) is 0 Å². The van der Waals surface area contributed by atoms with Crippen LogP contribution in [0.15, 0.2) is 22.7 Å². The third-order valence-electron chi connectivity index (χ3n) is 2.20. The van der Waals surface area contributed by atoms with Gasteiger partial charge in [-0.3, -0.25) is 0 Å². The van der Waals surface area contributed by atoms with E-state index in [9.17, 15) is 0 Å². The van der Waals surface area contributed by atoms with Crippen molar-refractivity contribution in [1.29, 1.82) is 0 Å². The van der Waals surface area contributed by atoms with Gasteiger partial charge in [-0.25, -0.2) is 0 Å². The van der Waals surface area contributed by atoms with Gasteiger partial charge in [0.1, 0.15) is 0 Å². The monoisotopic (exact) mass is 267 g/mol. The molecule has 0 amide bonds. The van der Waals surface area contributed by atoms with Crippen LogP contribution in [0.4, 0.5) is 5.69 Å². The molecular formula is C12H14BrNO. The zero-order chi connectivity index (χ0) is 11.3. The van der Waals surface area contributed by atoms with Crippen molar-refractivity contribution in [2.24, 2.45) is 0 Å². The minimum absolute atomic E-state index is 0.0557. The maximum atomic E-state index is 8.99. The number of nitrogens with zero attached hydrogens (tertiary/aromatic N) is 1. The Balaban J connectivity index is 2.98. The van der Waals surface area contributed by atoms with E-state index < -0.39 is 0 Å². The number of benzene rings is 1. The van der Waals surface area contributed by atoms with Crippen LogP contribution in [-0.4, -0.2) is 18.2 Å². The summed E-state index contributed by atoms with van der Waals surface area (Å²) in [5, 5.41) is 8.99. The second kappa shape index (κ2) is 5.79. The summed E-state index contributed by atoms with van der Waals surface area (Å²) in [7, 11) is 0. The van der Waals surface area contributed by atoms with Crippen LogP contribution in [0.3, 0.4) is 0 Å². The molecule has 0 atom stereocenters. The number of terminal acetylenes is 1. The summed E-state index contributed by atoms with van der Waals surface area (Å²) in [5.74, 6) is 2.63. The predicted molar refractivity (Wildman–Crippen MR) is 66.8 cm³/mol. The third kappa shape index (κ3) is 2.98. The molecule has 0 aromatic heterocycles. The van der Waals surface area contributed by atoms with Crippen LogP contribution in [0.2, 0.25) is 0 Å². The van der Waals surface area contributed by atoms with Crippen LogP contribution in [-0.2, 0) is 6.61 Å². The summed E-state index contributed by atoms with van der Waals surface area (Å²) in [4.78, 5) is 2.09. The van der Waals surface area contributed by atoms with Crippen LogP contribution < -0.4 is 4.90 Å². The van der Waals surface area contributed by atoms with Crippen molar-refractivity contribution in [1.82, 2.24) is 0 Å². The molecule has 0 fully saturated rings. The molecule has 0 bridgehead atoms. The van der Waals surface area contributed by atoms with Gasteiger partial charge in [-0.1, -0.05) is 12.0 Å². The van der Waals surface area contributed by atoms with Gasteiger partial charge in [0, 0.05) is 11.0 Å². The Morgan fingerprint density at radius 1 is 1.53 bits per heavy atom. The van der Waals surface area contributed by atoms with Gasteiger partial charge in [0.15, 0.2) is 0 Å². The van der Waals surface area contributed by atoms with Crippen molar-refractivity contribution in [2.75, 3.05) is 18.0 Å². The zero-order valence-electron chi connectivity index (χ0n) is 8.70. The number of hydrogen-bond donors (Lipinski definition) is 1. The minimum Gasteiger partial charge on any atom is -0.392 e. The Labute approximate surface area is 99.0 Å². The molecule has 1 rings (SSSR count). The summed E-state index contributed by atoms with van der Waals surface area (Å²) in [5.41, 5.74) is 1.95. The highest BCUT2D eigenvalue weighted by Crippen LogP contribution is 2.27. The number of aliphatic hydroxyl groups excluding tert-OH is 1. The molecule has 3 heteroatoms. The highest BCUT2D eigenvalue weighted by Gasteiger charge is 2.07. The fourth-order valence-corrected chi connectivity index (χ4v) is 2.06. The molecule has 0 aliphatic carbocycles. The number of rotatable bonds is 4. The van der Waals surface area contributed by atoms with E-state index in [1.54, 1.807) is 0 Å². The van der Waals surface area contributed by atoms with Crippen molar-refractivity contribution < 1.29 is 5.11 Å². The molecule has 1 aromatic rings. The molecule has 0 radical (unpaired) electrons. The highest BCUT2D eigenvalue weighted by atomic mass is 79.9. The van der Waals surface area contributed by atoms with E-state index in [1.165, 1.54) is 0 Å². The number of hydrogen-bond acceptors (Lipinski definition) is 2. The Hall–Kier alpha value is -0.980. The first-order valence-electron chi connectivity index (χ1n) is 4.80.